The normalized spacial score (nSPS) is 10.3. The number of nitrogens with zero attached hydrogens (tertiary/aromatic N) is 3. The Morgan fingerprint density at radius 3 is 3.06 bits per heavy atom. The minimum absolute atomic E-state index is 0.370. The Morgan fingerprint density at radius 1 is 1.56 bits per heavy atom. The molecule has 2 aromatic heterocycles. The van der Waals surface area contributed by atoms with Crippen molar-refractivity contribution in [2.45, 2.75) is 22.7 Å². The molecule has 18 heavy (non-hydrogen) atoms. The maximum Gasteiger partial charge on any atom is 0.337 e. The van der Waals surface area contributed by atoms with E-state index in [0.29, 0.717) is 10.6 Å². The van der Waals surface area contributed by atoms with E-state index in [1.54, 1.807) is 18.3 Å². The largest absolute Gasteiger partial charge is 0.465 e. The lowest BCUT2D eigenvalue weighted by Crippen LogP contribution is -2.01. The number of pyridine rings is 1. The molecule has 0 aliphatic rings. The summed E-state index contributed by atoms with van der Waals surface area (Å²) < 4.78 is 9.68. The number of carbonyl (C=O) groups excluding carboxylic acids is 1. The molecule has 0 unspecified atom stereocenters. The fourth-order valence-electron chi connectivity index (χ4n) is 1.22. The van der Waals surface area contributed by atoms with Crippen LogP contribution in [-0.4, -0.2) is 27.4 Å². The molecule has 0 radical (unpaired) electrons. The third kappa shape index (κ3) is 3.05. The summed E-state index contributed by atoms with van der Waals surface area (Å²) in [6.45, 7) is 2.01. The fraction of sp³-hybridized carbons (Fsp3) is 0.273. The van der Waals surface area contributed by atoms with Gasteiger partial charge in [-0.15, -0.1) is 0 Å². The predicted octanol–water partition coefficient (Wildman–Crippen LogP) is 2.43. The van der Waals surface area contributed by atoms with Gasteiger partial charge in [-0.3, -0.25) is 0 Å². The third-order valence-electron chi connectivity index (χ3n) is 2.11. The summed E-state index contributed by atoms with van der Waals surface area (Å²) in [5.74, 6) is 0.456. The molecule has 2 heterocycles. The van der Waals surface area contributed by atoms with Crippen LogP contribution in [-0.2, 0) is 11.2 Å². The van der Waals surface area contributed by atoms with Gasteiger partial charge < -0.3 is 4.74 Å². The van der Waals surface area contributed by atoms with E-state index in [-0.39, 0.29) is 5.97 Å². The fourth-order valence-corrected chi connectivity index (χ4v) is 2.87. The highest BCUT2D eigenvalue weighted by Gasteiger charge is 2.09. The topological polar surface area (TPSA) is 65.0 Å². The second-order valence-electron chi connectivity index (χ2n) is 3.31. The number of aromatic nitrogens is 3. The van der Waals surface area contributed by atoms with Gasteiger partial charge in [0.15, 0.2) is 4.34 Å². The quantitative estimate of drug-likeness (QED) is 0.802. The average molecular weight is 281 g/mol. The molecule has 0 saturated heterocycles. The van der Waals surface area contributed by atoms with E-state index in [9.17, 15) is 4.79 Å². The monoisotopic (exact) mass is 281 g/mol. The number of rotatable bonds is 4. The van der Waals surface area contributed by atoms with Crippen molar-refractivity contribution in [3.8, 4) is 0 Å². The molecule has 2 aromatic rings. The average Bonchev–Trinajstić information content (AvgIpc) is 2.86. The first-order chi connectivity index (χ1) is 8.72. The number of hydrogen-bond donors (Lipinski definition) is 0. The van der Waals surface area contributed by atoms with E-state index in [1.807, 2.05) is 6.92 Å². The minimum Gasteiger partial charge on any atom is -0.465 e. The van der Waals surface area contributed by atoms with E-state index >= 15 is 0 Å². The molecule has 0 spiro atoms. The number of aryl methyl sites for hydroxylation is 1. The molecule has 0 aliphatic carbocycles. The van der Waals surface area contributed by atoms with E-state index < -0.39 is 0 Å². The second-order valence-corrected chi connectivity index (χ2v) is 5.33. The minimum atomic E-state index is -0.370. The third-order valence-corrected chi connectivity index (χ3v) is 3.83. The Balaban J connectivity index is 2.16. The molecule has 5 nitrogen and oxygen atoms in total. The van der Waals surface area contributed by atoms with Crippen LogP contribution in [0.3, 0.4) is 0 Å². The van der Waals surface area contributed by atoms with Crippen LogP contribution >= 0.6 is 23.3 Å². The van der Waals surface area contributed by atoms with Gasteiger partial charge in [0.1, 0.15) is 10.9 Å². The SMILES string of the molecule is CCc1nsc(Sc2cc(C(=O)OC)ccn2)n1. The lowest BCUT2D eigenvalue weighted by atomic mass is 10.3. The van der Waals surface area contributed by atoms with Crippen LogP contribution in [0.15, 0.2) is 27.7 Å². The van der Waals surface area contributed by atoms with Crippen molar-refractivity contribution in [1.82, 2.24) is 14.3 Å². The smallest absolute Gasteiger partial charge is 0.337 e. The van der Waals surface area contributed by atoms with Crippen molar-refractivity contribution in [1.29, 1.82) is 0 Å². The summed E-state index contributed by atoms with van der Waals surface area (Å²) >= 11 is 2.73. The summed E-state index contributed by atoms with van der Waals surface area (Å²) in [5, 5.41) is 0.705. The van der Waals surface area contributed by atoms with Gasteiger partial charge in [0, 0.05) is 12.6 Å². The van der Waals surface area contributed by atoms with Crippen molar-refractivity contribution < 1.29 is 9.53 Å². The van der Waals surface area contributed by atoms with Crippen LogP contribution in [0, 0.1) is 0 Å². The second kappa shape index (κ2) is 5.92. The van der Waals surface area contributed by atoms with Gasteiger partial charge in [-0.1, -0.05) is 6.92 Å². The van der Waals surface area contributed by atoms with Gasteiger partial charge in [0.25, 0.3) is 0 Å². The zero-order valence-electron chi connectivity index (χ0n) is 9.91. The Labute approximate surface area is 113 Å². The standard InChI is InChI=1S/C11H11N3O2S2/c1-3-8-13-11(18-14-8)17-9-6-7(4-5-12-9)10(15)16-2/h4-6H,3H2,1-2H3. The molecule has 0 amide bonds. The van der Waals surface area contributed by atoms with E-state index in [4.69, 9.17) is 0 Å². The van der Waals surface area contributed by atoms with Crippen LogP contribution in [0.4, 0.5) is 0 Å². The highest BCUT2D eigenvalue weighted by atomic mass is 32.2. The van der Waals surface area contributed by atoms with Crippen LogP contribution < -0.4 is 0 Å². The molecule has 0 bridgehead atoms. The summed E-state index contributed by atoms with van der Waals surface area (Å²) in [4.78, 5) is 19.9. The molecular formula is C11H11N3O2S2. The number of carbonyl (C=O) groups is 1. The molecule has 0 N–H and O–H groups in total. The van der Waals surface area contributed by atoms with Gasteiger partial charge in [0.2, 0.25) is 0 Å². The van der Waals surface area contributed by atoms with Crippen molar-refractivity contribution in [3.63, 3.8) is 0 Å². The van der Waals surface area contributed by atoms with Crippen LogP contribution in [0.25, 0.3) is 0 Å². The van der Waals surface area contributed by atoms with Gasteiger partial charge in [0.05, 0.1) is 12.7 Å². The lowest BCUT2D eigenvalue weighted by molar-refractivity contribution is 0.0600. The van der Waals surface area contributed by atoms with Crippen molar-refractivity contribution >= 4 is 29.3 Å². The van der Waals surface area contributed by atoms with E-state index in [2.05, 4.69) is 19.1 Å². The number of hydrogen-bond acceptors (Lipinski definition) is 7. The molecule has 0 atom stereocenters. The zero-order valence-corrected chi connectivity index (χ0v) is 11.5. The van der Waals surface area contributed by atoms with Gasteiger partial charge >= 0.3 is 5.97 Å². The maximum atomic E-state index is 11.4. The van der Waals surface area contributed by atoms with Gasteiger partial charge in [-0.25, -0.2) is 14.8 Å². The Bertz CT molecular complexity index is 557. The summed E-state index contributed by atoms with van der Waals surface area (Å²) in [7, 11) is 1.36. The predicted molar refractivity (Wildman–Crippen MR) is 69.0 cm³/mol. The van der Waals surface area contributed by atoms with E-state index in [1.165, 1.54) is 30.4 Å². The summed E-state index contributed by atoms with van der Waals surface area (Å²) in [6, 6.07) is 3.30. The first-order valence-electron chi connectivity index (χ1n) is 5.27. The number of ether oxygens (including phenoxy) is 1. The molecule has 2 rings (SSSR count). The molecular weight excluding hydrogens is 270 g/mol. The highest BCUT2D eigenvalue weighted by Crippen LogP contribution is 2.27. The Hall–Kier alpha value is -1.47. The van der Waals surface area contributed by atoms with Crippen LogP contribution in [0.5, 0.6) is 0 Å². The molecule has 0 fully saturated rings. The van der Waals surface area contributed by atoms with Crippen molar-refractivity contribution in [2.24, 2.45) is 0 Å². The Kier molecular flexibility index (Phi) is 4.27. The molecule has 0 aromatic carbocycles. The molecule has 7 heteroatoms. The first-order valence-corrected chi connectivity index (χ1v) is 6.86. The molecule has 0 aliphatic heterocycles. The molecule has 0 saturated carbocycles. The van der Waals surface area contributed by atoms with E-state index in [0.717, 1.165) is 16.6 Å². The first kappa shape index (κ1) is 13.0. The van der Waals surface area contributed by atoms with Gasteiger partial charge in [-0.05, 0) is 35.4 Å². The Morgan fingerprint density at radius 2 is 2.39 bits per heavy atom. The van der Waals surface area contributed by atoms with Crippen LogP contribution in [0.1, 0.15) is 23.1 Å². The number of methoxy groups -OCH3 is 1. The summed E-state index contributed by atoms with van der Waals surface area (Å²) in [5.41, 5.74) is 0.482. The van der Waals surface area contributed by atoms with Crippen molar-refractivity contribution in [3.05, 3.63) is 29.7 Å². The van der Waals surface area contributed by atoms with Gasteiger partial charge in [-0.2, -0.15) is 4.37 Å². The maximum absolute atomic E-state index is 11.4. The molecule has 94 valence electrons. The van der Waals surface area contributed by atoms with Crippen molar-refractivity contribution in [2.75, 3.05) is 7.11 Å². The summed E-state index contributed by atoms with van der Waals surface area (Å²) in [6.07, 6.45) is 2.39. The lowest BCUT2D eigenvalue weighted by Gasteiger charge is -2.00. The van der Waals surface area contributed by atoms with Crippen LogP contribution in [0.2, 0.25) is 0 Å². The zero-order chi connectivity index (χ0) is 13.0. The highest BCUT2D eigenvalue weighted by molar-refractivity contribution is 8.00. The number of esters is 1.